The molecule has 0 unspecified atom stereocenters. The van der Waals surface area contributed by atoms with Crippen LogP contribution in [-0.4, -0.2) is 67.3 Å². The summed E-state index contributed by atoms with van der Waals surface area (Å²) >= 11 is 0. The van der Waals surface area contributed by atoms with Crippen molar-refractivity contribution in [2.75, 3.05) is 40.8 Å². The third-order valence-electron chi connectivity index (χ3n) is 6.30. The van der Waals surface area contributed by atoms with Gasteiger partial charge in [0.1, 0.15) is 5.75 Å². The second-order valence-electron chi connectivity index (χ2n) is 8.48. The number of amides is 1. The van der Waals surface area contributed by atoms with E-state index in [0.29, 0.717) is 5.41 Å². The summed E-state index contributed by atoms with van der Waals surface area (Å²) in [6.45, 7) is 2.37. The molecule has 5 nitrogen and oxygen atoms in total. The Hall–Kier alpha value is -1.59. The zero-order valence-corrected chi connectivity index (χ0v) is 16.3. The van der Waals surface area contributed by atoms with Crippen molar-refractivity contribution in [3.63, 3.8) is 0 Å². The molecular formula is C21H32N2O3. The van der Waals surface area contributed by atoms with Gasteiger partial charge in [0.15, 0.2) is 0 Å². The van der Waals surface area contributed by atoms with Crippen LogP contribution in [-0.2, 0) is 0 Å². The molecule has 0 aromatic heterocycles. The van der Waals surface area contributed by atoms with Crippen LogP contribution in [0.2, 0.25) is 0 Å². The molecule has 3 rings (SSSR count). The largest absolute Gasteiger partial charge is 0.497 e. The van der Waals surface area contributed by atoms with Crippen LogP contribution in [0, 0.1) is 5.41 Å². The van der Waals surface area contributed by atoms with Crippen molar-refractivity contribution in [1.82, 2.24) is 9.80 Å². The molecule has 144 valence electrons. The van der Waals surface area contributed by atoms with E-state index < -0.39 is 5.60 Å². The minimum absolute atomic E-state index is 0.113. The van der Waals surface area contributed by atoms with Gasteiger partial charge in [0.25, 0.3) is 5.91 Å². The monoisotopic (exact) mass is 360 g/mol. The Balaban J connectivity index is 1.55. The molecule has 1 aromatic carbocycles. The summed E-state index contributed by atoms with van der Waals surface area (Å²) in [6, 6.07) is 7.36. The number of hydrogen-bond donors (Lipinski definition) is 1. The zero-order valence-electron chi connectivity index (χ0n) is 16.3. The molecule has 1 saturated carbocycles. The van der Waals surface area contributed by atoms with E-state index in [4.69, 9.17) is 4.74 Å². The second-order valence-corrected chi connectivity index (χ2v) is 8.48. The maximum atomic E-state index is 12.7. The van der Waals surface area contributed by atoms with Crippen LogP contribution in [0.15, 0.2) is 24.3 Å². The van der Waals surface area contributed by atoms with Crippen molar-refractivity contribution in [3.05, 3.63) is 29.8 Å². The molecule has 5 heteroatoms. The van der Waals surface area contributed by atoms with Gasteiger partial charge in [-0.1, -0.05) is 0 Å². The second kappa shape index (κ2) is 7.57. The molecule has 1 aliphatic carbocycles. The van der Waals surface area contributed by atoms with Crippen LogP contribution >= 0.6 is 0 Å². The number of hydrogen-bond acceptors (Lipinski definition) is 4. The molecule has 1 N–H and O–H groups in total. The zero-order chi connectivity index (χ0) is 18.8. The lowest BCUT2D eigenvalue weighted by molar-refractivity contribution is -0.0615. The highest BCUT2D eigenvalue weighted by atomic mass is 16.5. The van der Waals surface area contributed by atoms with E-state index in [2.05, 4.69) is 4.90 Å². The first kappa shape index (κ1) is 19.2. The number of piperidine rings is 1. The molecule has 26 heavy (non-hydrogen) atoms. The normalized spacial score (nSPS) is 21.8. The van der Waals surface area contributed by atoms with Crippen LogP contribution in [0.25, 0.3) is 0 Å². The highest BCUT2D eigenvalue weighted by Crippen LogP contribution is 2.47. The Kier molecular flexibility index (Phi) is 5.58. The van der Waals surface area contributed by atoms with E-state index in [1.54, 1.807) is 7.11 Å². The van der Waals surface area contributed by atoms with E-state index in [9.17, 15) is 9.90 Å². The van der Waals surface area contributed by atoms with Crippen LogP contribution in [0.4, 0.5) is 0 Å². The first-order valence-electron chi connectivity index (χ1n) is 9.65. The van der Waals surface area contributed by atoms with Gasteiger partial charge in [-0.2, -0.15) is 0 Å². The average Bonchev–Trinajstić information content (AvgIpc) is 2.64. The molecule has 1 spiro atoms. The summed E-state index contributed by atoms with van der Waals surface area (Å²) in [5.74, 6) is 0.883. The summed E-state index contributed by atoms with van der Waals surface area (Å²) < 4.78 is 5.16. The molecule has 0 radical (unpaired) electrons. The van der Waals surface area contributed by atoms with Crippen LogP contribution in [0.1, 0.15) is 48.9 Å². The SMILES string of the molecule is COc1ccc(C(=O)N2CCC3(CC2)CCC(O)(CN(C)C)CC3)cc1. The Labute approximate surface area is 156 Å². The minimum atomic E-state index is -0.537. The number of ether oxygens (including phenoxy) is 1. The number of carbonyl (C=O) groups excluding carboxylic acids is 1. The number of benzene rings is 1. The number of methoxy groups -OCH3 is 1. The van der Waals surface area contributed by atoms with Gasteiger partial charge in [0.05, 0.1) is 12.7 Å². The summed E-state index contributed by atoms with van der Waals surface area (Å²) in [7, 11) is 5.67. The lowest BCUT2D eigenvalue weighted by Gasteiger charge is -2.48. The maximum absolute atomic E-state index is 12.7. The topological polar surface area (TPSA) is 53.0 Å². The number of carbonyl (C=O) groups is 1. The van der Waals surface area contributed by atoms with Crippen LogP contribution in [0.3, 0.4) is 0 Å². The number of likely N-dealkylation sites (tertiary alicyclic amines) is 1. The first-order chi connectivity index (χ1) is 12.3. The predicted octanol–water partition coefficient (Wildman–Crippen LogP) is 2.78. The fourth-order valence-electron chi connectivity index (χ4n) is 4.59. The average molecular weight is 360 g/mol. The van der Waals surface area contributed by atoms with Gasteiger partial charge in [0, 0.05) is 25.2 Å². The molecule has 0 bridgehead atoms. The Morgan fingerprint density at radius 2 is 1.65 bits per heavy atom. The van der Waals surface area contributed by atoms with Crippen molar-refractivity contribution < 1.29 is 14.6 Å². The van der Waals surface area contributed by atoms with Gasteiger partial charge in [-0.15, -0.1) is 0 Å². The van der Waals surface area contributed by atoms with Crippen LogP contribution < -0.4 is 4.74 Å². The smallest absolute Gasteiger partial charge is 0.253 e. The highest BCUT2D eigenvalue weighted by molar-refractivity contribution is 5.94. The van der Waals surface area contributed by atoms with Gasteiger partial charge < -0.3 is 19.6 Å². The van der Waals surface area contributed by atoms with Crippen molar-refractivity contribution >= 4 is 5.91 Å². The predicted molar refractivity (Wildman–Crippen MR) is 103 cm³/mol. The molecule has 1 aromatic rings. The van der Waals surface area contributed by atoms with Crippen molar-refractivity contribution in [3.8, 4) is 5.75 Å². The molecule has 2 aliphatic rings. The van der Waals surface area contributed by atoms with Crippen molar-refractivity contribution in [2.24, 2.45) is 5.41 Å². The summed E-state index contributed by atoms with van der Waals surface area (Å²) in [6.07, 6.45) is 5.99. The van der Waals surface area contributed by atoms with E-state index >= 15 is 0 Å². The third-order valence-corrected chi connectivity index (χ3v) is 6.30. The molecule has 1 heterocycles. The number of likely N-dealkylation sites (N-methyl/N-ethyl adjacent to an activating group) is 1. The number of nitrogens with zero attached hydrogens (tertiary/aromatic N) is 2. The Morgan fingerprint density at radius 3 is 2.15 bits per heavy atom. The molecule has 2 fully saturated rings. The van der Waals surface area contributed by atoms with Gasteiger partial charge in [-0.3, -0.25) is 4.79 Å². The van der Waals surface area contributed by atoms with E-state index in [1.165, 1.54) is 0 Å². The van der Waals surface area contributed by atoms with Gasteiger partial charge in [-0.25, -0.2) is 0 Å². The number of rotatable bonds is 4. The van der Waals surface area contributed by atoms with E-state index in [1.807, 2.05) is 43.3 Å². The first-order valence-corrected chi connectivity index (χ1v) is 9.65. The molecule has 1 saturated heterocycles. The molecule has 1 amide bonds. The summed E-state index contributed by atoms with van der Waals surface area (Å²) in [5.41, 5.74) is 0.505. The molecule has 1 aliphatic heterocycles. The molecule has 0 atom stereocenters. The van der Waals surface area contributed by atoms with Crippen LogP contribution in [0.5, 0.6) is 5.75 Å². The fourth-order valence-corrected chi connectivity index (χ4v) is 4.59. The lowest BCUT2D eigenvalue weighted by Crippen LogP contribution is -2.49. The Morgan fingerprint density at radius 1 is 1.08 bits per heavy atom. The standard InChI is InChI=1S/C21H32N2O3/c1-22(2)16-21(25)10-8-20(9-11-21)12-14-23(15-13-20)19(24)17-4-6-18(26-3)7-5-17/h4-7,25H,8-16H2,1-3H3. The number of aliphatic hydroxyl groups is 1. The highest BCUT2D eigenvalue weighted by Gasteiger charge is 2.43. The van der Waals surface area contributed by atoms with Gasteiger partial charge >= 0.3 is 0 Å². The fraction of sp³-hybridized carbons (Fsp3) is 0.667. The van der Waals surface area contributed by atoms with E-state index in [-0.39, 0.29) is 5.91 Å². The van der Waals surface area contributed by atoms with Crippen molar-refractivity contribution in [2.45, 2.75) is 44.1 Å². The third kappa shape index (κ3) is 4.21. The quantitative estimate of drug-likeness (QED) is 0.897. The van der Waals surface area contributed by atoms with Crippen molar-refractivity contribution in [1.29, 1.82) is 0 Å². The molecular weight excluding hydrogens is 328 g/mol. The Bertz CT molecular complexity index is 609. The summed E-state index contributed by atoms with van der Waals surface area (Å²) in [4.78, 5) is 16.8. The van der Waals surface area contributed by atoms with Gasteiger partial charge in [0.2, 0.25) is 0 Å². The lowest BCUT2D eigenvalue weighted by atomic mass is 9.64. The van der Waals surface area contributed by atoms with Gasteiger partial charge in [-0.05, 0) is 82.3 Å². The minimum Gasteiger partial charge on any atom is -0.497 e. The summed E-state index contributed by atoms with van der Waals surface area (Å²) in [5, 5.41) is 10.8. The maximum Gasteiger partial charge on any atom is 0.253 e. The van der Waals surface area contributed by atoms with E-state index in [0.717, 1.165) is 69.5 Å².